The topological polar surface area (TPSA) is 65.7 Å². The van der Waals surface area contributed by atoms with Gasteiger partial charge < -0.3 is 4.74 Å². The molecule has 1 saturated carbocycles. The molecule has 3 aromatic heterocycles. The van der Waals surface area contributed by atoms with E-state index in [2.05, 4.69) is 22.4 Å². The smallest absolute Gasteiger partial charge is 0.179 e. The molecule has 0 N–H and O–H groups in total. The molecule has 1 aromatic carbocycles. The summed E-state index contributed by atoms with van der Waals surface area (Å²) in [7, 11) is 0. The molecule has 2 aliphatic rings. The summed E-state index contributed by atoms with van der Waals surface area (Å²) in [5, 5.41) is 4.85. The number of rotatable bonds is 4. The Kier molecular flexibility index (Phi) is 5.19. The van der Waals surface area contributed by atoms with Gasteiger partial charge in [0.05, 0.1) is 35.9 Å². The van der Waals surface area contributed by atoms with Gasteiger partial charge in [-0.05, 0) is 69.0 Å². The summed E-state index contributed by atoms with van der Waals surface area (Å²) in [6.45, 7) is 4.36. The Morgan fingerprint density at radius 3 is 2.68 bits per heavy atom. The van der Waals surface area contributed by atoms with Gasteiger partial charge in [0.15, 0.2) is 5.65 Å². The maximum absolute atomic E-state index is 15.0. The number of aromatic nitrogens is 5. The van der Waals surface area contributed by atoms with Crippen molar-refractivity contribution in [2.24, 2.45) is 0 Å². The molecule has 8 heteroatoms. The van der Waals surface area contributed by atoms with Crippen molar-refractivity contribution < 1.29 is 9.13 Å². The molecular formula is C26H23ClFN5O. The molecule has 34 heavy (non-hydrogen) atoms. The quantitative estimate of drug-likeness (QED) is 0.352. The molecule has 1 aliphatic heterocycles. The van der Waals surface area contributed by atoms with E-state index in [1.165, 1.54) is 18.9 Å². The predicted molar refractivity (Wildman–Crippen MR) is 129 cm³/mol. The molecule has 1 atom stereocenters. The third-order valence-corrected chi connectivity index (χ3v) is 6.73. The van der Waals surface area contributed by atoms with Crippen LogP contribution in [-0.4, -0.2) is 31.3 Å². The van der Waals surface area contributed by atoms with Gasteiger partial charge in [0.1, 0.15) is 17.4 Å². The number of pyridine rings is 1. The van der Waals surface area contributed by atoms with Crippen LogP contribution in [-0.2, 0) is 4.74 Å². The molecule has 1 unspecified atom stereocenters. The molecule has 1 aliphatic carbocycles. The minimum absolute atomic E-state index is 0.199. The average Bonchev–Trinajstić information content (AvgIpc) is 3.56. The minimum Gasteiger partial charge on any atom is -0.369 e. The van der Waals surface area contributed by atoms with Crippen molar-refractivity contribution in [3.8, 4) is 11.1 Å². The Bertz CT molecular complexity index is 1460. The van der Waals surface area contributed by atoms with Crippen LogP contribution in [0.4, 0.5) is 4.39 Å². The maximum atomic E-state index is 15.0. The van der Waals surface area contributed by atoms with Crippen LogP contribution in [0.25, 0.3) is 27.9 Å². The van der Waals surface area contributed by atoms with Crippen molar-refractivity contribution >= 4 is 28.3 Å². The van der Waals surface area contributed by atoms with Crippen LogP contribution in [0.15, 0.2) is 42.7 Å². The van der Waals surface area contributed by atoms with Crippen molar-refractivity contribution in [1.29, 1.82) is 0 Å². The van der Waals surface area contributed by atoms with Gasteiger partial charge in [-0.15, -0.1) is 0 Å². The molecule has 0 radical (unpaired) electrons. The summed E-state index contributed by atoms with van der Waals surface area (Å²) in [6.07, 6.45) is 8.89. The Morgan fingerprint density at radius 1 is 1.06 bits per heavy atom. The lowest BCUT2D eigenvalue weighted by molar-refractivity contribution is 0.0826. The molecule has 6 nitrogen and oxygen atoms in total. The predicted octanol–water partition coefficient (Wildman–Crippen LogP) is 6.18. The van der Waals surface area contributed by atoms with Crippen LogP contribution in [0, 0.1) is 19.7 Å². The molecule has 0 saturated heterocycles. The van der Waals surface area contributed by atoms with Gasteiger partial charge >= 0.3 is 0 Å². The zero-order chi connectivity index (χ0) is 23.4. The number of benzene rings is 1. The molecule has 0 bridgehead atoms. The summed E-state index contributed by atoms with van der Waals surface area (Å²) in [5.74, 6) is -0.405. The standard InChI is InChI=1S/C26H23ClFN5O/c1-14-15(2)31-26-25(30-14)21(20-6-3-18(27)10-22(20)28)11-23(32-26)16-7-8-34-24(9-16)17-12-29-33(13-17)19-4-5-19/h3,6,9-13,19,24H,4-5,7-8H2,1-2H3. The van der Waals surface area contributed by atoms with E-state index in [0.29, 0.717) is 46.4 Å². The Labute approximate surface area is 201 Å². The highest BCUT2D eigenvalue weighted by atomic mass is 35.5. The summed E-state index contributed by atoms with van der Waals surface area (Å²) in [5.41, 5.74) is 6.53. The molecular weight excluding hydrogens is 453 g/mol. The van der Waals surface area contributed by atoms with E-state index in [0.717, 1.165) is 28.2 Å². The Hall–Kier alpha value is -3.16. The van der Waals surface area contributed by atoms with E-state index < -0.39 is 5.82 Å². The molecule has 172 valence electrons. The second kappa shape index (κ2) is 8.25. The lowest BCUT2D eigenvalue weighted by Gasteiger charge is -2.22. The van der Waals surface area contributed by atoms with Crippen LogP contribution in [0.5, 0.6) is 0 Å². The number of aryl methyl sites for hydroxylation is 2. The number of hydrogen-bond acceptors (Lipinski definition) is 5. The number of halogens is 2. The minimum atomic E-state index is -0.405. The third-order valence-electron chi connectivity index (χ3n) is 6.49. The molecule has 6 rings (SSSR count). The third kappa shape index (κ3) is 3.89. The van der Waals surface area contributed by atoms with Gasteiger partial charge in [-0.2, -0.15) is 5.10 Å². The van der Waals surface area contributed by atoms with Crippen LogP contribution < -0.4 is 0 Å². The highest BCUT2D eigenvalue weighted by Crippen LogP contribution is 2.38. The van der Waals surface area contributed by atoms with E-state index in [1.54, 1.807) is 12.1 Å². The summed E-state index contributed by atoms with van der Waals surface area (Å²) >= 11 is 6.01. The van der Waals surface area contributed by atoms with Crippen LogP contribution in [0.1, 0.15) is 54.1 Å². The van der Waals surface area contributed by atoms with E-state index in [-0.39, 0.29) is 6.10 Å². The highest BCUT2D eigenvalue weighted by Gasteiger charge is 2.26. The van der Waals surface area contributed by atoms with Gasteiger partial charge in [0.25, 0.3) is 0 Å². The van der Waals surface area contributed by atoms with Gasteiger partial charge in [0, 0.05) is 27.9 Å². The van der Waals surface area contributed by atoms with E-state index in [1.807, 2.05) is 30.8 Å². The first-order valence-electron chi connectivity index (χ1n) is 11.4. The largest absolute Gasteiger partial charge is 0.369 e. The number of ether oxygens (including phenoxy) is 1. The average molecular weight is 476 g/mol. The molecule has 4 heterocycles. The summed E-state index contributed by atoms with van der Waals surface area (Å²) < 4.78 is 23.0. The first kappa shape index (κ1) is 21.4. The Morgan fingerprint density at radius 2 is 1.88 bits per heavy atom. The van der Waals surface area contributed by atoms with Gasteiger partial charge in [0.2, 0.25) is 0 Å². The first-order valence-corrected chi connectivity index (χ1v) is 11.8. The van der Waals surface area contributed by atoms with Crippen LogP contribution in [0.3, 0.4) is 0 Å². The second-order valence-corrected chi connectivity index (χ2v) is 9.40. The fourth-order valence-electron chi connectivity index (χ4n) is 4.33. The first-order chi connectivity index (χ1) is 16.5. The SMILES string of the molecule is Cc1nc2nc(C3=CC(c4cnn(C5CC5)c4)OCC3)cc(-c3ccc(Cl)cc3F)c2nc1C. The molecule has 4 aromatic rings. The van der Waals surface area contributed by atoms with E-state index >= 15 is 0 Å². The lowest BCUT2D eigenvalue weighted by atomic mass is 9.97. The van der Waals surface area contributed by atoms with Crippen molar-refractivity contribution in [1.82, 2.24) is 24.7 Å². The zero-order valence-corrected chi connectivity index (χ0v) is 19.7. The van der Waals surface area contributed by atoms with Crippen molar-refractivity contribution in [2.75, 3.05) is 6.61 Å². The zero-order valence-electron chi connectivity index (χ0n) is 18.9. The van der Waals surface area contributed by atoms with Gasteiger partial charge in [-0.25, -0.2) is 19.3 Å². The number of hydrogen-bond donors (Lipinski definition) is 0. The fraction of sp³-hybridized carbons (Fsp3) is 0.308. The second-order valence-electron chi connectivity index (χ2n) is 8.96. The van der Waals surface area contributed by atoms with Crippen molar-refractivity contribution in [3.63, 3.8) is 0 Å². The summed E-state index contributed by atoms with van der Waals surface area (Å²) in [6, 6.07) is 7.10. The van der Waals surface area contributed by atoms with E-state index in [4.69, 9.17) is 26.3 Å². The normalized spacial score (nSPS) is 18.4. The number of nitrogens with zero attached hydrogens (tertiary/aromatic N) is 5. The van der Waals surface area contributed by atoms with Crippen molar-refractivity contribution in [3.05, 3.63) is 76.2 Å². The molecule has 0 spiro atoms. The summed E-state index contributed by atoms with van der Waals surface area (Å²) in [4.78, 5) is 14.2. The van der Waals surface area contributed by atoms with E-state index in [9.17, 15) is 4.39 Å². The van der Waals surface area contributed by atoms with Crippen molar-refractivity contribution in [2.45, 2.75) is 45.3 Å². The molecule has 0 amide bonds. The monoisotopic (exact) mass is 475 g/mol. The maximum Gasteiger partial charge on any atom is 0.179 e. The molecule has 1 fully saturated rings. The Balaban J connectivity index is 1.48. The number of fused-ring (bicyclic) bond motifs is 1. The van der Waals surface area contributed by atoms with Gasteiger partial charge in [-0.3, -0.25) is 4.68 Å². The fourth-order valence-corrected chi connectivity index (χ4v) is 4.49. The van der Waals surface area contributed by atoms with Crippen LogP contribution >= 0.6 is 11.6 Å². The lowest BCUT2D eigenvalue weighted by Crippen LogP contribution is -2.11. The highest BCUT2D eigenvalue weighted by molar-refractivity contribution is 6.30. The van der Waals surface area contributed by atoms with Gasteiger partial charge in [-0.1, -0.05) is 11.6 Å². The van der Waals surface area contributed by atoms with Crippen LogP contribution in [0.2, 0.25) is 5.02 Å².